The molecule has 19 heavy (non-hydrogen) atoms. The van der Waals surface area contributed by atoms with Crippen LogP contribution in [0.25, 0.3) is 5.47 Å². The van der Waals surface area contributed by atoms with Gasteiger partial charge in [-0.15, -0.1) is 6.58 Å². The molecule has 1 nitrogen and oxygen atoms in total. The Morgan fingerprint density at radius 2 is 1.95 bits per heavy atom. The fraction of sp³-hybridized carbons (Fsp3) is 0.353. The molecule has 0 atom stereocenters. The molecule has 1 aromatic carbocycles. The van der Waals surface area contributed by atoms with Crippen LogP contribution in [0.1, 0.15) is 38.3 Å². The Morgan fingerprint density at radius 3 is 2.53 bits per heavy atom. The van der Waals surface area contributed by atoms with Gasteiger partial charge in [-0.05, 0) is 30.1 Å². The summed E-state index contributed by atoms with van der Waals surface area (Å²) in [4.78, 5) is 4.72. The maximum Gasteiger partial charge on any atom is 0.211 e. The van der Waals surface area contributed by atoms with E-state index < -0.39 is 0 Å². The first kappa shape index (κ1) is 13.9. The highest BCUT2D eigenvalue weighted by molar-refractivity contribution is 6.89. The SMILES string of the molecule is C=C([B]C1=NC(C(C)(C)C)=CC1)c1ccccc1C. The Balaban J connectivity index is 2.09. The van der Waals surface area contributed by atoms with E-state index in [0.29, 0.717) is 0 Å². The minimum Gasteiger partial charge on any atom is -0.272 e. The highest BCUT2D eigenvalue weighted by Gasteiger charge is 2.21. The van der Waals surface area contributed by atoms with Gasteiger partial charge in [0, 0.05) is 11.1 Å². The molecule has 2 rings (SSSR count). The smallest absolute Gasteiger partial charge is 0.211 e. The van der Waals surface area contributed by atoms with Gasteiger partial charge in [0.1, 0.15) is 0 Å². The average molecular weight is 250 g/mol. The van der Waals surface area contributed by atoms with Gasteiger partial charge in [0.2, 0.25) is 7.28 Å². The normalized spacial score (nSPS) is 14.9. The zero-order valence-electron chi connectivity index (χ0n) is 12.3. The minimum absolute atomic E-state index is 0.125. The van der Waals surface area contributed by atoms with Gasteiger partial charge >= 0.3 is 0 Å². The average Bonchev–Trinajstić information content (AvgIpc) is 2.77. The summed E-state index contributed by atoms with van der Waals surface area (Å²) in [6, 6.07) is 8.33. The summed E-state index contributed by atoms with van der Waals surface area (Å²) in [7, 11) is 2.11. The molecular weight excluding hydrogens is 229 g/mol. The summed E-state index contributed by atoms with van der Waals surface area (Å²) in [6.45, 7) is 12.9. The van der Waals surface area contributed by atoms with Crippen molar-refractivity contribution in [2.24, 2.45) is 10.4 Å². The van der Waals surface area contributed by atoms with E-state index in [0.717, 1.165) is 17.5 Å². The standard InChI is InChI=1S/C17H21BN/c1-12-8-6-7-9-14(12)13(2)18-16-11-10-15(19-16)17(3,4)5/h6-10H,2,11H2,1,3-5H3. The van der Waals surface area contributed by atoms with Gasteiger partial charge in [0.25, 0.3) is 0 Å². The number of hydrogen-bond donors (Lipinski definition) is 0. The third-order valence-electron chi connectivity index (χ3n) is 3.37. The molecule has 0 fully saturated rings. The van der Waals surface area contributed by atoms with E-state index >= 15 is 0 Å². The van der Waals surface area contributed by atoms with Gasteiger partial charge in [-0.2, -0.15) is 0 Å². The predicted octanol–water partition coefficient (Wildman–Crippen LogP) is 4.40. The van der Waals surface area contributed by atoms with Crippen molar-refractivity contribution in [1.29, 1.82) is 0 Å². The largest absolute Gasteiger partial charge is 0.272 e. The van der Waals surface area contributed by atoms with Gasteiger partial charge in [0.05, 0.1) is 0 Å². The number of benzene rings is 1. The van der Waals surface area contributed by atoms with Crippen LogP contribution in [0, 0.1) is 12.3 Å². The highest BCUT2D eigenvalue weighted by atomic mass is 14.8. The van der Waals surface area contributed by atoms with Crippen LogP contribution in [0.5, 0.6) is 0 Å². The van der Waals surface area contributed by atoms with Gasteiger partial charge in [-0.1, -0.05) is 56.6 Å². The fourth-order valence-electron chi connectivity index (χ4n) is 2.22. The molecule has 0 aliphatic carbocycles. The van der Waals surface area contributed by atoms with Crippen LogP contribution in [0.15, 0.2) is 47.6 Å². The second kappa shape index (κ2) is 5.20. The second-order valence-electron chi connectivity index (χ2n) is 6.13. The molecule has 1 aromatic rings. The van der Waals surface area contributed by atoms with Gasteiger partial charge in [-0.25, -0.2) is 0 Å². The summed E-state index contributed by atoms with van der Waals surface area (Å²) < 4.78 is 0. The minimum atomic E-state index is 0.125. The van der Waals surface area contributed by atoms with E-state index in [-0.39, 0.29) is 5.41 Å². The van der Waals surface area contributed by atoms with E-state index in [1.165, 1.54) is 16.8 Å². The van der Waals surface area contributed by atoms with Crippen LogP contribution < -0.4 is 0 Å². The first-order valence-electron chi connectivity index (χ1n) is 6.76. The highest BCUT2D eigenvalue weighted by Crippen LogP contribution is 2.30. The molecule has 0 N–H and O–H groups in total. The Kier molecular flexibility index (Phi) is 3.79. The molecule has 1 aliphatic heterocycles. The number of hydrogen-bond acceptors (Lipinski definition) is 1. The topological polar surface area (TPSA) is 12.4 Å². The number of allylic oxidation sites excluding steroid dienone is 2. The monoisotopic (exact) mass is 250 g/mol. The van der Waals surface area contributed by atoms with Crippen LogP contribution in [0.2, 0.25) is 0 Å². The summed E-state index contributed by atoms with van der Waals surface area (Å²) >= 11 is 0. The molecule has 1 radical (unpaired) electrons. The van der Waals surface area contributed by atoms with Gasteiger partial charge in [-0.3, -0.25) is 4.99 Å². The first-order valence-corrected chi connectivity index (χ1v) is 6.76. The van der Waals surface area contributed by atoms with Gasteiger partial charge < -0.3 is 0 Å². The third kappa shape index (κ3) is 3.26. The molecule has 0 bridgehead atoms. The van der Waals surface area contributed by atoms with Crippen molar-refractivity contribution < 1.29 is 0 Å². The zero-order chi connectivity index (χ0) is 14.0. The lowest BCUT2D eigenvalue weighted by Crippen LogP contribution is -2.10. The summed E-state index contributed by atoms with van der Waals surface area (Å²) in [6.07, 6.45) is 3.13. The first-order chi connectivity index (χ1) is 8.88. The van der Waals surface area contributed by atoms with E-state index in [1.54, 1.807) is 0 Å². The van der Waals surface area contributed by atoms with Crippen molar-refractivity contribution >= 4 is 18.4 Å². The molecule has 0 aromatic heterocycles. The Labute approximate surface area is 117 Å². The zero-order valence-corrected chi connectivity index (χ0v) is 12.3. The van der Waals surface area contributed by atoms with Crippen LogP contribution in [-0.4, -0.2) is 12.9 Å². The lowest BCUT2D eigenvalue weighted by Gasteiger charge is -2.17. The van der Waals surface area contributed by atoms with Crippen molar-refractivity contribution in [3.05, 3.63) is 53.7 Å². The quantitative estimate of drug-likeness (QED) is 0.705. The molecule has 0 saturated carbocycles. The van der Waals surface area contributed by atoms with E-state index in [9.17, 15) is 0 Å². The summed E-state index contributed by atoms with van der Waals surface area (Å²) in [5, 5.41) is 0. The molecular formula is C17H21BN. The van der Waals surface area contributed by atoms with Crippen molar-refractivity contribution in [2.75, 3.05) is 0 Å². The maximum absolute atomic E-state index is 4.72. The van der Waals surface area contributed by atoms with Gasteiger partial charge in [0.15, 0.2) is 0 Å². The third-order valence-corrected chi connectivity index (χ3v) is 3.37. The lowest BCUT2D eigenvalue weighted by molar-refractivity contribution is 0.500. The van der Waals surface area contributed by atoms with Crippen LogP contribution in [0.3, 0.4) is 0 Å². The number of nitrogens with zero attached hydrogens (tertiary/aromatic N) is 1. The van der Waals surface area contributed by atoms with E-state index in [1.807, 2.05) is 0 Å². The van der Waals surface area contributed by atoms with E-state index in [2.05, 4.69) is 71.9 Å². The maximum atomic E-state index is 4.72. The predicted molar refractivity (Wildman–Crippen MR) is 85.6 cm³/mol. The summed E-state index contributed by atoms with van der Waals surface area (Å²) in [5.74, 6) is 0. The molecule has 0 spiro atoms. The molecule has 0 amide bonds. The van der Waals surface area contributed by atoms with Crippen molar-refractivity contribution in [1.82, 2.24) is 0 Å². The fourth-order valence-corrected chi connectivity index (χ4v) is 2.22. The second-order valence-corrected chi connectivity index (χ2v) is 6.13. The molecule has 1 aliphatic rings. The summed E-state index contributed by atoms with van der Waals surface area (Å²) in [5.41, 5.74) is 5.91. The Bertz CT molecular complexity index is 559. The molecule has 0 unspecified atom stereocenters. The van der Waals surface area contributed by atoms with Crippen molar-refractivity contribution in [3.63, 3.8) is 0 Å². The van der Waals surface area contributed by atoms with Crippen LogP contribution >= 0.6 is 0 Å². The van der Waals surface area contributed by atoms with Crippen LogP contribution in [0.4, 0.5) is 0 Å². The van der Waals surface area contributed by atoms with Crippen LogP contribution in [-0.2, 0) is 0 Å². The lowest BCUT2D eigenvalue weighted by atomic mass is 9.62. The van der Waals surface area contributed by atoms with Crippen molar-refractivity contribution in [3.8, 4) is 0 Å². The Hall–Kier alpha value is -1.57. The Morgan fingerprint density at radius 1 is 1.26 bits per heavy atom. The van der Waals surface area contributed by atoms with E-state index in [4.69, 9.17) is 4.99 Å². The molecule has 2 heteroatoms. The number of aliphatic imine (C=N–C) groups is 1. The number of rotatable bonds is 3. The molecule has 0 saturated heterocycles. The molecule has 97 valence electrons. The molecule has 1 heterocycles. The number of aryl methyl sites for hydroxylation is 1. The van der Waals surface area contributed by atoms with Crippen molar-refractivity contribution in [2.45, 2.75) is 34.1 Å².